The Morgan fingerprint density at radius 2 is 1.80 bits per heavy atom. The van der Waals surface area contributed by atoms with E-state index in [1.165, 1.54) is 0 Å². The Kier molecular flexibility index (Phi) is 3.98. The summed E-state index contributed by atoms with van der Waals surface area (Å²) in [7, 11) is 0. The van der Waals surface area contributed by atoms with Gasteiger partial charge >= 0.3 is 5.97 Å². The van der Waals surface area contributed by atoms with E-state index in [0.717, 1.165) is 11.6 Å². The standard InChI is InChI=1S/C15H13F2NO2/c1-9(10-5-3-2-4-6-10)20-15(19)11-7-14(18)13(17)8-12(11)16/h2-9H,18H2,1H3. The van der Waals surface area contributed by atoms with Crippen LogP contribution in [0.25, 0.3) is 0 Å². The minimum atomic E-state index is -0.998. The van der Waals surface area contributed by atoms with Crippen LogP contribution >= 0.6 is 0 Å². The lowest BCUT2D eigenvalue weighted by atomic mass is 10.1. The van der Waals surface area contributed by atoms with Crippen molar-refractivity contribution in [1.29, 1.82) is 0 Å². The smallest absolute Gasteiger partial charge is 0.341 e. The Bertz CT molecular complexity index is 629. The molecule has 0 aliphatic rings. The fourth-order valence-corrected chi connectivity index (χ4v) is 1.74. The van der Waals surface area contributed by atoms with E-state index in [0.29, 0.717) is 6.07 Å². The number of halogens is 2. The van der Waals surface area contributed by atoms with E-state index in [4.69, 9.17) is 10.5 Å². The molecule has 0 aliphatic carbocycles. The number of benzene rings is 2. The van der Waals surface area contributed by atoms with Gasteiger partial charge in [0.25, 0.3) is 0 Å². The Morgan fingerprint density at radius 3 is 2.45 bits per heavy atom. The normalized spacial score (nSPS) is 11.9. The van der Waals surface area contributed by atoms with Gasteiger partial charge in [0, 0.05) is 6.07 Å². The van der Waals surface area contributed by atoms with Gasteiger partial charge in [0.2, 0.25) is 0 Å². The molecule has 5 heteroatoms. The molecule has 1 unspecified atom stereocenters. The summed E-state index contributed by atoms with van der Waals surface area (Å²) >= 11 is 0. The summed E-state index contributed by atoms with van der Waals surface area (Å²) in [6.07, 6.45) is -0.547. The summed E-state index contributed by atoms with van der Waals surface area (Å²) in [6, 6.07) is 10.5. The first-order valence-electron chi connectivity index (χ1n) is 5.99. The fraction of sp³-hybridized carbons (Fsp3) is 0.133. The first-order valence-corrected chi connectivity index (χ1v) is 5.99. The minimum Gasteiger partial charge on any atom is -0.454 e. The maximum Gasteiger partial charge on any atom is 0.341 e. The van der Waals surface area contributed by atoms with Crippen LogP contribution < -0.4 is 5.73 Å². The van der Waals surface area contributed by atoms with Crippen LogP contribution in [-0.2, 0) is 4.74 Å². The summed E-state index contributed by atoms with van der Waals surface area (Å²) in [6.45, 7) is 1.66. The molecule has 2 N–H and O–H groups in total. The van der Waals surface area contributed by atoms with Gasteiger partial charge in [-0.1, -0.05) is 30.3 Å². The third-order valence-electron chi connectivity index (χ3n) is 2.86. The third-order valence-corrected chi connectivity index (χ3v) is 2.86. The van der Waals surface area contributed by atoms with E-state index >= 15 is 0 Å². The van der Waals surface area contributed by atoms with Crippen molar-refractivity contribution in [3.8, 4) is 0 Å². The second kappa shape index (κ2) is 5.69. The Morgan fingerprint density at radius 1 is 1.15 bits per heavy atom. The maximum atomic E-state index is 13.5. The molecular weight excluding hydrogens is 264 g/mol. The van der Waals surface area contributed by atoms with Crippen LogP contribution in [0.2, 0.25) is 0 Å². The quantitative estimate of drug-likeness (QED) is 0.690. The SMILES string of the molecule is CC(OC(=O)c1cc(N)c(F)cc1F)c1ccccc1. The summed E-state index contributed by atoms with van der Waals surface area (Å²) in [5.74, 6) is -2.79. The van der Waals surface area contributed by atoms with Crippen LogP contribution in [0, 0.1) is 11.6 Å². The minimum absolute atomic E-state index is 0.300. The van der Waals surface area contributed by atoms with Crippen molar-refractivity contribution < 1.29 is 18.3 Å². The molecule has 2 rings (SSSR count). The van der Waals surface area contributed by atoms with Crippen LogP contribution in [0.5, 0.6) is 0 Å². The largest absolute Gasteiger partial charge is 0.454 e. The second-order valence-corrected chi connectivity index (χ2v) is 4.31. The van der Waals surface area contributed by atoms with E-state index in [9.17, 15) is 13.6 Å². The topological polar surface area (TPSA) is 52.3 Å². The molecule has 104 valence electrons. The number of nitrogen functional groups attached to an aromatic ring is 1. The van der Waals surface area contributed by atoms with E-state index in [2.05, 4.69) is 0 Å². The van der Waals surface area contributed by atoms with Crippen molar-refractivity contribution in [2.75, 3.05) is 5.73 Å². The molecule has 0 saturated heterocycles. The average Bonchev–Trinajstić information content (AvgIpc) is 2.43. The van der Waals surface area contributed by atoms with Crippen molar-refractivity contribution in [3.63, 3.8) is 0 Å². The molecule has 0 aromatic heterocycles. The lowest BCUT2D eigenvalue weighted by Gasteiger charge is -2.14. The number of nitrogens with two attached hydrogens (primary N) is 1. The van der Waals surface area contributed by atoms with Gasteiger partial charge in [0.15, 0.2) is 0 Å². The Hall–Kier alpha value is -2.43. The molecule has 0 fully saturated rings. The van der Waals surface area contributed by atoms with Crippen molar-refractivity contribution in [2.45, 2.75) is 13.0 Å². The molecule has 0 aliphatic heterocycles. The zero-order valence-electron chi connectivity index (χ0n) is 10.8. The number of ether oxygens (including phenoxy) is 1. The monoisotopic (exact) mass is 277 g/mol. The molecule has 0 saturated carbocycles. The fourth-order valence-electron chi connectivity index (χ4n) is 1.74. The predicted octanol–water partition coefficient (Wildman–Crippen LogP) is 3.47. The Labute approximate surface area is 115 Å². The van der Waals surface area contributed by atoms with E-state index in [1.54, 1.807) is 31.2 Å². The van der Waals surface area contributed by atoms with Crippen LogP contribution in [0.4, 0.5) is 14.5 Å². The molecule has 0 spiro atoms. The van der Waals surface area contributed by atoms with Gasteiger partial charge in [-0.25, -0.2) is 13.6 Å². The Balaban J connectivity index is 2.19. The summed E-state index contributed by atoms with van der Waals surface area (Å²) in [5.41, 5.74) is 5.41. The number of rotatable bonds is 3. The summed E-state index contributed by atoms with van der Waals surface area (Å²) in [5, 5.41) is 0. The summed E-state index contributed by atoms with van der Waals surface area (Å²) < 4.78 is 31.7. The molecule has 0 amide bonds. The van der Waals surface area contributed by atoms with E-state index < -0.39 is 23.7 Å². The number of hydrogen-bond donors (Lipinski definition) is 1. The van der Waals surface area contributed by atoms with Gasteiger partial charge in [0.1, 0.15) is 17.7 Å². The first-order chi connectivity index (χ1) is 9.49. The zero-order chi connectivity index (χ0) is 14.7. The van der Waals surface area contributed by atoms with Gasteiger partial charge in [-0.3, -0.25) is 0 Å². The molecular formula is C15H13F2NO2. The highest BCUT2D eigenvalue weighted by atomic mass is 19.1. The number of hydrogen-bond acceptors (Lipinski definition) is 3. The predicted molar refractivity (Wildman–Crippen MR) is 71.0 cm³/mol. The molecule has 0 heterocycles. The van der Waals surface area contributed by atoms with Crippen molar-refractivity contribution in [3.05, 3.63) is 65.2 Å². The molecule has 0 radical (unpaired) electrons. The molecule has 1 atom stereocenters. The van der Waals surface area contributed by atoms with Crippen molar-refractivity contribution >= 4 is 11.7 Å². The molecule has 2 aromatic carbocycles. The maximum absolute atomic E-state index is 13.5. The highest BCUT2D eigenvalue weighted by molar-refractivity contribution is 5.91. The second-order valence-electron chi connectivity index (χ2n) is 4.31. The highest BCUT2D eigenvalue weighted by Crippen LogP contribution is 2.22. The van der Waals surface area contributed by atoms with Gasteiger partial charge in [-0.15, -0.1) is 0 Å². The number of esters is 1. The van der Waals surface area contributed by atoms with Crippen LogP contribution in [0.15, 0.2) is 42.5 Å². The molecule has 3 nitrogen and oxygen atoms in total. The van der Waals surface area contributed by atoms with Crippen LogP contribution in [0.3, 0.4) is 0 Å². The van der Waals surface area contributed by atoms with Crippen LogP contribution in [-0.4, -0.2) is 5.97 Å². The molecule has 2 aromatic rings. The lowest BCUT2D eigenvalue weighted by molar-refractivity contribution is 0.0332. The van der Waals surface area contributed by atoms with Crippen molar-refractivity contribution in [1.82, 2.24) is 0 Å². The van der Waals surface area contributed by atoms with E-state index in [-0.39, 0.29) is 11.3 Å². The number of carbonyl (C=O) groups is 1. The zero-order valence-corrected chi connectivity index (χ0v) is 10.8. The summed E-state index contributed by atoms with van der Waals surface area (Å²) in [4.78, 5) is 11.9. The lowest BCUT2D eigenvalue weighted by Crippen LogP contribution is -2.12. The van der Waals surface area contributed by atoms with Crippen molar-refractivity contribution in [2.24, 2.45) is 0 Å². The average molecular weight is 277 g/mol. The highest BCUT2D eigenvalue weighted by Gasteiger charge is 2.19. The van der Waals surface area contributed by atoms with Gasteiger partial charge in [-0.05, 0) is 18.6 Å². The number of carbonyl (C=O) groups excluding carboxylic acids is 1. The van der Waals surface area contributed by atoms with Gasteiger partial charge in [-0.2, -0.15) is 0 Å². The van der Waals surface area contributed by atoms with Crippen LogP contribution in [0.1, 0.15) is 28.9 Å². The van der Waals surface area contributed by atoms with Gasteiger partial charge < -0.3 is 10.5 Å². The number of anilines is 1. The van der Waals surface area contributed by atoms with Gasteiger partial charge in [0.05, 0.1) is 11.3 Å². The third kappa shape index (κ3) is 2.93. The van der Waals surface area contributed by atoms with E-state index in [1.807, 2.05) is 6.07 Å². The first kappa shape index (κ1) is 14.0. The molecule has 0 bridgehead atoms. The molecule has 20 heavy (non-hydrogen) atoms.